The van der Waals surface area contributed by atoms with Crippen LogP contribution in [-0.4, -0.2) is 27.7 Å². The zero-order chi connectivity index (χ0) is 13.7. The van der Waals surface area contributed by atoms with Crippen LogP contribution in [0, 0.1) is 11.3 Å². The van der Waals surface area contributed by atoms with Gasteiger partial charge in [0.25, 0.3) is 0 Å². The molecule has 1 atom stereocenters. The van der Waals surface area contributed by atoms with Crippen molar-refractivity contribution >= 4 is 17.6 Å². The third kappa shape index (κ3) is 3.19. The lowest BCUT2D eigenvalue weighted by Gasteiger charge is -2.23. The van der Waals surface area contributed by atoms with Crippen LogP contribution in [0.2, 0.25) is 0 Å². The van der Waals surface area contributed by atoms with E-state index in [4.69, 9.17) is 0 Å². The zero-order valence-corrected chi connectivity index (χ0v) is 12.4. The molecule has 1 aliphatic rings. The van der Waals surface area contributed by atoms with E-state index in [0.29, 0.717) is 17.4 Å². The highest BCUT2D eigenvalue weighted by molar-refractivity contribution is 7.99. The lowest BCUT2D eigenvalue weighted by molar-refractivity contribution is 0.678. The predicted octanol–water partition coefficient (Wildman–Crippen LogP) is 2.78. The van der Waals surface area contributed by atoms with Gasteiger partial charge in [-0.15, -0.1) is 5.10 Å². The molecular formula is C14H20N4S. The topological polar surface area (TPSA) is 61.6 Å². The van der Waals surface area contributed by atoms with E-state index >= 15 is 0 Å². The van der Waals surface area contributed by atoms with E-state index in [2.05, 4.69) is 35.4 Å². The molecule has 2 rings (SSSR count). The summed E-state index contributed by atoms with van der Waals surface area (Å²) in [5.41, 5.74) is 2.68. The Kier molecular flexibility index (Phi) is 5.03. The van der Waals surface area contributed by atoms with E-state index < -0.39 is 0 Å². The number of rotatable bonds is 4. The Morgan fingerprint density at radius 1 is 1.37 bits per heavy atom. The zero-order valence-electron chi connectivity index (χ0n) is 11.6. The lowest BCUT2D eigenvalue weighted by Crippen LogP contribution is -2.27. The normalized spacial score (nSPS) is 18.9. The Bertz CT molecular complexity index is 475. The first kappa shape index (κ1) is 14.1. The highest BCUT2D eigenvalue weighted by atomic mass is 32.2. The highest BCUT2D eigenvalue weighted by Crippen LogP contribution is 2.24. The fourth-order valence-electron chi connectivity index (χ4n) is 2.44. The summed E-state index contributed by atoms with van der Waals surface area (Å²) in [4.78, 5) is 0. The van der Waals surface area contributed by atoms with Crippen molar-refractivity contribution in [2.45, 2.75) is 45.6 Å². The van der Waals surface area contributed by atoms with Gasteiger partial charge >= 0.3 is 0 Å². The predicted molar refractivity (Wildman–Crippen MR) is 79.5 cm³/mol. The molecule has 1 saturated heterocycles. The molecule has 1 aromatic heterocycles. The second kappa shape index (κ2) is 6.76. The van der Waals surface area contributed by atoms with E-state index in [1.165, 1.54) is 12.2 Å². The molecule has 0 saturated carbocycles. The summed E-state index contributed by atoms with van der Waals surface area (Å²) in [6.07, 6.45) is 4.03. The molecule has 1 unspecified atom stereocenters. The molecule has 0 bridgehead atoms. The summed E-state index contributed by atoms with van der Waals surface area (Å²) >= 11 is 1.96. The van der Waals surface area contributed by atoms with Crippen LogP contribution in [-0.2, 0) is 12.8 Å². The van der Waals surface area contributed by atoms with Crippen LogP contribution in [0.25, 0.3) is 0 Å². The van der Waals surface area contributed by atoms with Gasteiger partial charge in [-0.3, -0.25) is 0 Å². The van der Waals surface area contributed by atoms with Gasteiger partial charge in [0.15, 0.2) is 5.82 Å². The first-order valence-corrected chi connectivity index (χ1v) is 8.08. The molecule has 19 heavy (non-hydrogen) atoms. The quantitative estimate of drug-likeness (QED) is 0.916. The summed E-state index contributed by atoms with van der Waals surface area (Å²) in [5, 5.41) is 21.3. The first-order valence-electron chi connectivity index (χ1n) is 6.92. The summed E-state index contributed by atoms with van der Waals surface area (Å²) in [7, 11) is 0. The number of thioether (sulfide) groups is 1. The number of hydrogen-bond acceptors (Lipinski definition) is 5. The molecule has 0 aliphatic carbocycles. The number of aryl methyl sites for hydroxylation is 1. The molecular weight excluding hydrogens is 256 g/mol. The van der Waals surface area contributed by atoms with Gasteiger partial charge in [-0.25, -0.2) is 0 Å². The monoisotopic (exact) mass is 276 g/mol. The van der Waals surface area contributed by atoms with Crippen LogP contribution >= 0.6 is 11.8 Å². The van der Waals surface area contributed by atoms with Crippen LogP contribution in [0.15, 0.2) is 0 Å². The van der Waals surface area contributed by atoms with Crippen molar-refractivity contribution in [2.24, 2.45) is 0 Å². The molecule has 1 N–H and O–H groups in total. The Hall–Kier alpha value is -1.28. The van der Waals surface area contributed by atoms with Gasteiger partial charge in [-0.1, -0.05) is 13.8 Å². The third-order valence-corrected chi connectivity index (χ3v) is 4.67. The number of nitrogens with zero attached hydrogens (tertiary/aromatic N) is 3. The van der Waals surface area contributed by atoms with Gasteiger partial charge in [0.05, 0.1) is 5.69 Å². The molecule has 1 aliphatic heterocycles. The molecule has 0 radical (unpaired) electrons. The fourth-order valence-corrected chi connectivity index (χ4v) is 3.51. The van der Waals surface area contributed by atoms with Crippen LogP contribution < -0.4 is 5.32 Å². The van der Waals surface area contributed by atoms with Crippen molar-refractivity contribution in [3.05, 3.63) is 16.8 Å². The van der Waals surface area contributed by atoms with Crippen molar-refractivity contribution < 1.29 is 0 Å². The number of anilines is 1. The maximum Gasteiger partial charge on any atom is 0.167 e. The van der Waals surface area contributed by atoms with Crippen LogP contribution in [0.5, 0.6) is 0 Å². The average Bonchev–Trinajstić information content (AvgIpc) is 2.47. The van der Waals surface area contributed by atoms with E-state index in [1.54, 1.807) is 0 Å². The Morgan fingerprint density at radius 3 is 2.79 bits per heavy atom. The van der Waals surface area contributed by atoms with E-state index in [9.17, 15) is 5.26 Å². The van der Waals surface area contributed by atoms with Crippen LogP contribution in [0.3, 0.4) is 0 Å². The number of aromatic nitrogens is 2. The van der Waals surface area contributed by atoms with Crippen LogP contribution in [0.1, 0.15) is 43.5 Å². The molecule has 1 aromatic rings. The molecule has 4 nitrogen and oxygen atoms in total. The van der Waals surface area contributed by atoms with Gasteiger partial charge in [-0.2, -0.15) is 22.1 Å². The van der Waals surface area contributed by atoms with Gasteiger partial charge < -0.3 is 5.32 Å². The van der Waals surface area contributed by atoms with Crippen molar-refractivity contribution in [3.63, 3.8) is 0 Å². The first-order chi connectivity index (χ1) is 9.30. The minimum Gasteiger partial charge on any atom is -0.364 e. The maximum atomic E-state index is 9.42. The van der Waals surface area contributed by atoms with Gasteiger partial charge in [-0.05, 0) is 37.0 Å². The maximum absolute atomic E-state index is 9.42. The molecule has 0 amide bonds. The SMILES string of the molecule is CCc1nnc(NC2CCCSC2)c(C#N)c1CC. The molecule has 0 spiro atoms. The number of nitriles is 1. The van der Waals surface area contributed by atoms with E-state index in [1.807, 2.05) is 11.8 Å². The van der Waals surface area contributed by atoms with Gasteiger partial charge in [0, 0.05) is 11.8 Å². The summed E-state index contributed by atoms with van der Waals surface area (Å²) in [5.74, 6) is 3.00. The van der Waals surface area contributed by atoms with E-state index in [-0.39, 0.29) is 0 Å². The Balaban J connectivity index is 2.27. The molecule has 102 valence electrons. The summed E-state index contributed by atoms with van der Waals surface area (Å²) in [6.45, 7) is 4.12. The molecule has 0 aromatic carbocycles. The van der Waals surface area contributed by atoms with Gasteiger partial charge in [0.1, 0.15) is 11.6 Å². The molecule has 5 heteroatoms. The third-order valence-electron chi connectivity index (χ3n) is 3.46. The minimum atomic E-state index is 0.414. The van der Waals surface area contributed by atoms with Crippen molar-refractivity contribution in [1.82, 2.24) is 10.2 Å². The fraction of sp³-hybridized carbons (Fsp3) is 0.643. The second-order valence-corrected chi connectivity index (χ2v) is 5.88. The minimum absolute atomic E-state index is 0.414. The van der Waals surface area contributed by atoms with Crippen LogP contribution in [0.4, 0.5) is 5.82 Å². The smallest absolute Gasteiger partial charge is 0.167 e. The second-order valence-electron chi connectivity index (χ2n) is 4.73. The molecule has 2 heterocycles. The highest BCUT2D eigenvalue weighted by Gasteiger charge is 2.19. The Labute approximate surface area is 119 Å². The number of nitrogens with one attached hydrogen (secondary N) is 1. The van der Waals surface area contributed by atoms with Gasteiger partial charge in [0.2, 0.25) is 0 Å². The summed E-state index contributed by atoms with van der Waals surface area (Å²) in [6, 6.07) is 2.72. The largest absolute Gasteiger partial charge is 0.364 e. The average molecular weight is 276 g/mol. The summed E-state index contributed by atoms with van der Waals surface area (Å²) < 4.78 is 0. The van der Waals surface area contributed by atoms with Crippen molar-refractivity contribution in [3.8, 4) is 6.07 Å². The Morgan fingerprint density at radius 2 is 2.21 bits per heavy atom. The van der Waals surface area contributed by atoms with Crippen molar-refractivity contribution in [2.75, 3.05) is 16.8 Å². The lowest BCUT2D eigenvalue weighted by atomic mass is 10.0. The van der Waals surface area contributed by atoms with E-state index in [0.717, 1.165) is 36.3 Å². The standard InChI is InChI=1S/C14H20N4S/c1-3-11-12(8-15)14(18-17-13(11)4-2)16-10-6-5-7-19-9-10/h10H,3-7,9H2,1-2H3,(H,16,18). The molecule has 1 fully saturated rings. The van der Waals surface area contributed by atoms with Crippen molar-refractivity contribution in [1.29, 1.82) is 5.26 Å². The number of hydrogen-bond donors (Lipinski definition) is 1.